The number of fused-ring (bicyclic) bond motifs is 2. The average Bonchev–Trinajstić information content (AvgIpc) is 3.46. The SMILES string of the molecule is Cc1c(CN2CCC(Nc3ncnc4sc(CC(F)(F)F)cc34)CC2)ccc2c1cc(C#N)n2CC1CC(C)C1. The second-order valence-corrected chi connectivity index (χ2v) is 12.7. The first-order chi connectivity index (χ1) is 19.2. The lowest BCUT2D eigenvalue weighted by molar-refractivity contribution is -0.126. The van der Waals surface area contributed by atoms with Gasteiger partial charge in [-0.1, -0.05) is 13.0 Å². The van der Waals surface area contributed by atoms with Gasteiger partial charge in [0, 0.05) is 48.0 Å². The molecule has 1 aliphatic carbocycles. The van der Waals surface area contributed by atoms with Crippen LogP contribution >= 0.6 is 11.3 Å². The van der Waals surface area contributed by atoms with Crippen molar-refractivity contribution in [1.29, 1.82) is 5.26 Å². The standard InChI is InChI=1S/C30H33F3N6S/c1-18-9-20(10-18)15-39-23(14-34)11-25-19(2)21(3-4-27(25)39)16-38-7-5-22(6-8-38)37-28-26-12-24(13-30(31,32)33)40-29(26)36-17-35-28/h3-4,11-12,17-18,20,22H,5-10,13,15-16H2,1-2H3,(H,35,36,37). The molecule has 2 aliphatic rings. The first kappa shape index (κ1) is 27.0. The van der Waals surface area contributed by atoms with E-state index in [1.165, 1.54) is 35.7 Å². The Morgan fingerprint density at radius 3 is 2.60 bits per heavy atom. The molecule has 3 aromatic heterocycles. The normalized spacial score (nSPS) is 20.6. The highest BCUT2D eigenvalue weighted by Crippen LogP contribution is 2.37. The largest absolute Gasteiger partial charge is 0.393 e. The van der Waals surface area contributed by atoms with Gasteiger partial charge in [0.2, 0.25) is 0 Å². The molecule has 2 fully saturated rings. The Balaban J connectivity index is 1.10. The zero-order valence-corrected chi connectivity index (χ0v) is 23.6. The maximum atomic E-state index is 12.9. The minimum atomic E-state index is -4.24. The molecular formula is C30H33F3N6S. The summed E-state index contributed by atoms with van der Waals surface area (Å²) >= 11 is 1.08. The van der Waals surface area contributed by atoms with Crippen LogP contribution in [0.1, 0.15) is 54.3 Å². The number of nitrogens with one attached hydrogen (secondary N) is 1. The van der Waals surface area contributed by atoms with Crippen molar-refractivity contribution < 1.29 is 13.2 Å². The topological polar surface area (TPSA) is 69.8 Å². The van der Waals surface area contributed by atoms with E-state index < -0.39 is 12.6 Å². The van der Waals surface area contributed by atoms with Gasteiger partial charge < -0.3 is 9.88 Å². The number of nitrogens with zero attached hydrogens (tertiary/aromatic N) is 5. The number of thiophene rings is 1. The van der Waals surface area contributed by atoms with E-state index in [9.17, 15) is 18.4 Å². The Morgan fingerprint density at radius 1 is 1.12 bits per heavy atom. The summed E-state index contributed by atoms with van der Waals surface area (Å²) in [6.07, 6.45) is 0.544. The van der Waals surface area contributed by atoms with Crippen molar-refractivity contribution in [2.75, 3.05) is 18.4 Å². The van der Waals surface area contributed by atoms with Gasteiger partial charge in [-0.2, -0.15) is 18.4 Å². The summed E-state index contributed by atoms with van der Waals surface area (Å²) < 4.78 is 40.9. The monoisotopic (exact) mass is 566 g/mol. The zero-order chi connectivity index (χ0) is 28.0. The van der Waals surface area contributed by atoms with Gasteiger partial charge in [-0.25, -0.2) is 9.97 Å². The molecule has 1 saturated carbocycles. The van der Waals surface area contributed by atoms with Crippen LogP contribution in [0.3, 0.4) is 0 Å². The van der Waals surface area contributed by atoms with Crippen molar-refractivity contribution in [2.24, 2.45) is 11.8 Å². The summed E-state index contributed by atoms with van der Waals surface area (Å²) in [5.41, 5.74) is 4.43. The van der Waals surface area contributed by atoms with Gasteiger partial charge in [-0.3, -0.25) is 4.90 Å². The van der Waals surface area contributed by atoms with Crippen molar-refractivity contribution >= 4 is 38.3 Å². The molecule has 10 heteroatoms. The molecule has 210 valence electrons. The van der Waals surface area contributed by atoms with Crippen LogP contribution in [0.4, 0.5) is 19.0 Å². The van der Waals surface area contributed by atoms with Crippen LogP contribution in [0.25, 0.3) is 21.1 Å². The van der Waals surface area contributed by atoms with Crippen LogP contribution < -0.4 is 5.32 Å². The number of hydrogen-bond acceptors (Lipinski definition) is 6. The third-order valence-corrected chi connectivity index (χ3v) is 9.61. The van der Waals surface area contributed by atoms with E-state index in [2.05, 4.69) is 62.9 Å². The van der Waals surface area contributed by atoms with Crippen molar-refractivity contribution in [1.82, 2.24) is 19.4 Å². The lowest BCUT2D eigenvalue weighted by Gasteiger charge is -2.33. The zero-order valence-electron chi connectivity index (χ0n) is 22.8. The second kappa shape index (κ2) is 10.7. The summed E-state index contributed by atoms with van der Waals surface area (Å²) in [4.78, 5) is 11.8. The molecule has 4 aromatic rings. The summed E-state index contributed by atoms with van der Waals surface area (Å²) in [7, 11) is 0. The van der Waals surface area contributed by atoms with Crippen LogP contribution in [0.5, 0.6) is 0 Å². The Kier molecular flexibility index (Phi) is 7.21. The van der Waals surface area contributed by atoms with Gasteiger partial charge in [0.15, 0.2) is 0 Å². The number of aryl methyl sites for hydroxylation is 1. The van der Waals surface area contributed by atoms with Gasteiger partial charge in [-0.05, 0) is 73.8 Å². The van der Waals surface area contributed by atoms with Gasteiger partial charge >= 0.3 is 6.18 Å². The maximum Gasteiger partial charge on any atom is 0.393 e. The van der Waals surface area contributed by atoms with Crippen LogP contribution in [0.2, 0.25) is 0 Å². The molecule has 1 aliphatic heterocycles. The number of hydrogen-bond donors (Lipinski definition) is 1. The molecule has 0 bridgehead atoms. The van der Waals surface area contributed by atoms with E-state index in [1.807, 2.05) is 0 Å². The number of likely N-dealkylation sites (tertiary alicyclic amines) is 1. The van der Waals surface area contributed by atoms with Crippen LogP contribution in [0, 0.1) is 30.1 Å². The highest BCUT2D eigenvalue weighted by molar-refractivity contribution is 7.18. The van der Waals surface area contributed by atoms with Gasteiger partial charge in [0.05, 0.1) is 11.8 Å². The molecule has 0 atom stereocenters. The summed E-state index contributed by atoms with van der Waals surface area (Å²) in [6.45, 7) is 8.05. The lowest BCUT2D eigenvalue weighted by Crippen LogP contribution is -2.39. The molecular weight excluding hydrogens is 533 g/mol. The Morgan fingerprint density at radius 2 is 1.90 bits per heavy atom. The van der Waals surface area contributed by atoms with Crippen molar-refractivity contribution in [3.63, 3.8) is 0 Å². The second-order valence-electron chi connectivity index (χ2n) is 11.6. The summed E-state index contributed by atoms with van der Waals surface area (Å²) in [5.74, 6) is 2.06. The highest BCUT2D eigenvalue weighted by atomic mass is 32.1. The minimum absolute atomic E-state index is 0.199. The third kappa shape index (κ3) is 5.54. The molecule has 0 spiro atoms. The molecule has 40 heavy (non-hydrogen) atoms. The molecule has 6 nitrogen and oxygen atoms in total. The number of anilines is 1. The summed E-state index contributed by atoms with van der Waals surface area (Å²) in [5, 5.41) is 15.1. The lowest BCUT2D eigenvalue weighted by atomic mass is 9.76. The van der Waals surface area contributed by atoms with E-state index in [1.54, 1.807) is 6.07 Å². The Labute approximate surface area is 235 Å². The fourth-order valence-corrected chi connectivity index (χ4v) is 7.46. The van der Waals surface area contributed by atoms with Gasteiger partial charge in [0.1, 0.15) is 28.7 Å². The fourth-order valence-electron chi connectivity index (χ4n) is 6.43. The van der Waals surface area contributed by atoms with E-state index in [-0.39, 0.29) is 10.9 Å². The molecule has 1 aromatic carbocycles. The quantitative estimate of drug-likeness (QED) is 0.260. The predicted octanol–water partition coefficient (Wildman–Crippen LogP) is 7.05. The Bertz CT molecular complexity index is 1570. The molecule has 0 amide bonds. The number of benzene rings is 1. The number of piperidine rings is 1. The maximum absolute atomic E-state index is 12.9. The minimum Gasteiger partial charge on any atom is -0.367 e. The third-order valence-electron chi connectivity index (χ3n) is 8.57. The number of alkyl halides is 3. The van der Waals surface area contributed by atoms with E-state index in [0.717, 1.165) is 67.5 Å². The fraction of sp³-hybridized carbons (Fsp3) is 0.500. The van der Waals surface area contributed by atoms with Crippen molar-refractivity contribution in [3.8, 4) is 6.07 Å². The average molecular weight is 567 g/mol. The van der Waals surface area contributed by atoms with Crippen LogP contribution in [-0.4, -0.2) is 44.7 Å². The highest BCUT2D eigenvalue weighted by Gasteiger charge is 2.30. The van der Waals surface area contributed by atoms with Gasteiger partial charge in [-0.15, -0.1) is 11.3 Å². The number of halogens is 3. The molecule has 1 N–H and O–H groups in total. The molecule has 6 rings (SSSR count). The smallest absolute Gasteiger partial charge is 0.367 e. The Hall–Kier alpha value is -3.16. The number of nitriles is 1. The molecule has 0 radical (unpaired) electrons. The van der Waals surface area contributed by atoms with E-state index in [4.69, 9.17) is 0 Å². The van der Waals surface area contributed by atoms with Crippen LogP contribution in [-0.2, 0) is 19.5 Å². The first-order valence-electron chi connectivity index (χ1n) is 14.0. The number of aromatic nitrogens is 3. The number of rotatable bonds is 7. The predicted molar refractivity (Wildman–Crippen MR) is 152 cm³/mol. The van der Waals surface area contributed by atoms with Gasteiger partial charge in [0.25, 0.3) is 0 Å². The van der Waals surface area contributed by atoms with Crippen LogP contribution in [0.15, 0.2) is 30.6 Å². The van der Waals surface area contributed by atoms with E-state index in [0.29, 0.717) is 22.0 Å². The van der Waals surface area contributed by atoms with E-state index >= 15 is 0 Å². The molecule has 0 unspecified atom stereocenters. The first-order valence-corrected chi connectivity index (χ1v) is 14.8. The van der Waals surface area contributed by atoms with Crippen molar-refractivity contribution in [2.45, 2.75) is 71.3 Å². The molecule has 4 heterocycles. The van der Waals surface area contributed by atoms with Crippen molar-refractivity contribution in [3.05, 3.63) is 52.3 Å². The summed E-state index contributed by atoms with van der Waals surface area (Å²) in [6, 6.07) is 10.6. The molecule has 1 saturated heterocycles.